The number of nitrogens with zero attached hydrogens (tertiary/aromatic N) is 2. The molecule has 4 heterocycles. The van der Waals surface area contributed by atoms with E-state index >= 15 is 19.2 Å². The van der Waals surface area contributed by atoms with Crippen molar-refractivity contribution in [1.82, 2.24) is 99.6 Å². The van der Waals surface area contributed by atoms with Gasteiger partial charge in [-0.25, -0.2) is 4.98 Å². The second-order valence-electron chi connectivity index (χ2n) is 36.8. The number of primary amides is 1. The SMILES string of the molecule is CC(=O)[C@@H]1CCCCNC(=O)CC[C@H](NC(=O)[C@H](Cc2ccccc2)NC(=O)[C@H](CN)NC(=O)[C@H](Cc2c[nH]cn2)NC(=O)[C@H](CCC(N)=O)NC(=O)[C@H](CO)NC(=O)CNC(=O)COCCOCCNC(=O)COCCOCCNC(=O)CCCCCCCCCCCCCCCCC(=O)O)C(=O)N2C[C@H](O)C[C@H]2C(=O)N[C@H](Cc2ccccc2)C(=O)N[C@@H](CCCNC(=N)N)C(=O)N[C@@H](Cc2c[nH]c3ccccc23)C(=O)N1. The zero-order chi connectivity index (χ0) is 108. The summed E-state index contributed by atoms with van der Waals surface area (Å²) in [5, 5.41) is 78.2. The van der Waals surface area contributed by atoms with Gasteiger partial charge in [-0.2, -0.15) is 0 Å². The van der Waals surface area contributed by atoms with Crippen LogP contribution in [0.3, 0.4) is 0 Å². The quantitative estimate of drug-likeness (QED) is 0.0112. The fourth-order valence-electron chi connectivity index (χ4n) is 16.7. The van der Waals surface area contributed by atoms with Crippen LogP contribution in [-0.4, -0.2) is 325 Å². The number of unbranched alkanes of at least 4 members (excludes halogenated alkanes) is 13. The number of nitrogens with one attached hydrogen (secondary N) is 18. The molecule has 0 spiro atoms. The summed E-state index contributed by atoms with van der Waals surface area (Å²) in [4.78, 5) is 260. The summed E-state index contributed by atoms with van der Waals surface area (Å²) in [5.74, 6) is -15.4. The molecule has 2 saturated heterocycles. The maximum absolute atomic E-state index is 15.5. The molecule has 0 aliphatic carbocycles. The fraction of sp³-hybridized carbons (Fsp3) is 0.584. The first-order valence-corrected chi connectivity index (χ1v) is 51.2. The normalized spacial score (nSPS) is 18.1. The van der Waals surface area contributed by atoms with Crippen molar-refractivity contribution in [3.63, 3.8) is 0 Å². The monoisotopic (exact) mass is 2090 g/mol. The molecule has 5 aromatic rings. The number of benzene rings is 3. The van der Waals surface area contributed by atoms with Crippen molar-refractivity contribution in [1.29, 1.82) is 5.41 Å². The van der Waals surface area contributed by atoms with Crippen LogP contribution in [0.2, 0.25) is 0 Å². The molecular formula is C101H151N23O25. The molecule has 12 atom stereocenters. The van der Waals surface area contributed by atoms with Gasteiger partial charge in [0.15, 0.2) is 11.7 Å². The Bertz CT molecular complexity index is 5080. The summed E-state index contributed by atoms with van der Waals surface area (Å²) in [5.41, 5.74) is 19.8. The van der Waals surface area contributed by atoms with Gasteiger partial charge in [0.2, 0.25) is 94.5 Å². The first-order chi connectivity index (χ1) is 71.8. The maximum atomic E-state index is 15.5. The second kappa shape index (κ2) is 69.3. The van der Waals surface area contributed by atoms with E-state index in [0.717, 1.165) is 60.7 Å². The third-order valence-corrected chi connectivity index (χ3v) is 24.8. The van der Waals surface area contributed by atoms with E-state index in [9.17, 15) is 77.3 Å². The second-order valence-corrected chi connectivity index (χ2v) is 36.8. The van der Waals surface area contributed by atoms with Crippen molar-refractivity contribution in [3.8, 4) is 0 Å². The highest BCUT2D eigenvalue weighted by Gasteiger charge is 2.45. The lowest BCUT2D eigenvalue weighted by Gasteiger charge is -2.31. The van der Waals surface area contributed by atoms with Gasteiger partial charge in [0.1, 0.15) is 73.6 Å². The number of rotatable bonds is 64. The number of nitrogens with two attached hydrogens (primary N) is 3. The van der Waals surface area contributed by atoms with Crippen LogP contribution >= 0.6 is 0 Å². The molecule has 149 heavy (non-hydrogen) atoms. The molecule has 3 aromatic carbocycles. The van der Waals surface area contributed by atoms with Gasteiger partial charge in [-0.3, -0.25) is 91.7 Å². The van der Waals surface area contributed by atoms with Crippen molar-refractivity contribution in [2.24, 2.45) is 17.2 Å². The summed E-state index contributed by atoms with van der Waals surface area (Å²) in [6, 6.07) is 6.35. The van der Waals surface area contributed by atoms with Crippen molar-refractivity contribution in [3.05, 3.63) is 126 Å². The number of imidazole rings is 1. The van der Waals surface area contributed by atoms with Crippen LogP contribution in [-0.2, 0) is 131 Å². The number of aliphatic hydroxyl groups excluding tert-OH is 2. The minimum Gasteiger partial charge on any atom is -0.481 e. The number of aromatic amines is 2. The molecule has 2 aromatic heterocycles. The van der Waals surface area contributed by atoms with Crippen molar-refractivity contribution < 1.29 is 121 Å². The summed E-state index contributed by atoms with van der Waals surface area (Å²) in [6.07, 6.45) is 16.0. The third-order valence-electron chi connectivity index (χ3n) is 24.8. The van der Waals surface area contributed by atoms with Gasteiger partial charge in [0.05, 0.1) is 77.0 Å². The molecule has 0 unspecified atom stereocenters. The number of ether oxygens (including phenoxy) is 4. The van der Waals surface area contributed by atoms with Crippen LogP contribution in [0.1, 0.15) is 196 Å². The number of fused-ring (bicyclic) bond motifs is 2. The van der Waals surface area contributed by atoms with Gasteiger partial charge in [-0.1, -0.05) is 156 Å². The number of ketones is 1. The number of aliphatic carboxylic acids is 1. The Morgan fingerprint density at radius 2 is 1.06 bits per heavy atom. The van der Waals surface area contributed by atoms with Crippen LogP contribution in [0.4, 0.5) is 0 Å². The summed E-state index contributed by atoms with van der Waals surface area (Å²) in [7, 11) is 0. The highest BCUT2D eigenvalue weighted by molar-refractivity contribution is 6.01. The Labute approximate surface area is 865 Å². The number of guanidine groups is 1. The van der Waals surface area contributed by atoms with E-state index in [0.29, 0.717) is 29.7 Å². The predicted octanol–water partition coefficient (Wildman–Crippen LogP) is -2.14. The Balaban J connectivity index is 0.919. The van der Waals surface area contributed by atoms with Crippen LogP contribution < -0.4 is 97.0 Å². The molecular weight excluding hydrogens is 1940 g/mol. The number of carboxylic acids is 1. The van der Waals surface area contributed by atoms with Crippen LogP contribution in [0.15, 0.2) is 104 Å². The summed E-state index contributed by atoms with van der Waals surface area (Å²) >= 11 is 0. The van der Waals surface area contributed by atoms with E-state index in [1.54, 1.807) is 72.9 Å². The number of carboxylic acid groups (broad SMARTS) is 1. The predicted molar refractivity (Wildman–Crippen MR) is 544 cm³/mol. The minimum atomic E-state index is -1.79. The molecule has 0 bridgehead atoms. The van der Waals surface area contributed by atoms with E-state index in [4.69, 9.17) is 46.7 Å². The number of hydrogen-bond acceptors (Lipinski definition) is 27. The summed E-state index contributed by atoms with van der Waals surface area (Å²) in [6.45, 7) is -1.31. The zero-order valence-electron chi connectivity index (χ0n) is 84.7. The van der Waals surface area contributed by atoms with Gasteiger partial charge in [-0.15, -0.1) is 0 Å². The van der Waals surface area contributed by atoms with Gasteiger partial charge >= 0.3 is 5.97 Å². The molecule has 2 aliphatic heterocycles. The van der Waals surface area contributed by atoms with E-state index in [2.05, 4.69) is 94.7 Å². The van der Waals surface area contributed by atoms with Crippen molar-refractivity contribution in [2.45, 2.75) is 272 Å². The fourth-order valence-corrected chi connectivity index (χ4v) is 16.7. The highest BCUT2D eigenvalue weighted by atomic mass is 16.5. The van der Waals surface area contributed by atoms with Crippen LogP contribution in [0.5, 0.6) is 0 Å². The van der Waals surface area contributed by atoms with Crippen LogP contribution in [0, 0.1) is 5.41 Å². The molecule has 16 amide bonds. The number of Topliss-reactive ketones (excluding diaryl/α,β-unsaturated/α-hetero) is 1. The van der Waals surface area contributed by atoms with Gasteiger partial charge < -0.3 is 146 Å². The average molecular weight is 2090 g/mol. The van der Waals surface area contributed by atoms with Crippen LogP contribution in [0.25, 0.3) is 10.9 Å². The Morgan fingerprint density at radius 1 is 0.523 bits per heavy atom. The average Bonchev–Trinajstić information content (AvgIpc) is 1.63. The zero-order valence-corrected chi connectivity index (χ0v) is 84.7. The number of H-pyrrole nitrogens is 2. The number of aliphatic hydroxyl groups is 2. The number of carbonyl (C=O) groups is 18. The van der Waals surface area contributed by atoms with E-state index in [1.165, 1.54) is 64.4 Å². The molecule has 0 radical (unpaired) electrons. The number of aromatic nitrogens is 3. The first-order valence-electron chi connectivity index (χ1n) is 51.2. The third kappa shape index (κ3) is 48.3. The highest BCUT2D eigenvalue weighted by Crippen LogP contribution is 2.25. The molecule has 27 N–H and O–H groups in total. The lowest BCUT2D eigenvalue weighted by atomic mass is 10.0. The minimum absolute atomic E-state index is 0.00478. The van der Waals surface area contributed by atoms with E-state index < -0.39 is 244 Å². The molecule has 48 nitrogen and oxygen atoms in total. The van der Waals surface area contributed by atoms with Gasteiger partial charge in [0, 0.05) is 120 Å². The molecule has 820 valence electrons. The molecule has 2 fully saturated rings. The topological polar surface area (TPSA) is 735 Å². The lowest BCUT2D eigenvalue weighted by Crippen LogP contribution is -2.62. The maximum Gasteiger partial charge on any atom is 0.303 e. The van der Waals surface area contributed by atoms with E-state index in [1.807, 2.05) is 18.2 Å². The molecule has 7 rings (SSSR count). The first kappa shape index (κ1) is 122. The lowest BCUT2D eigenvalue weighted by molar-refractivity contribution is -0.143. The number of amides is 16. The largest absolute Gasteiger partial charge is 0.481 e. The Hall–Kier alpha value is -13.9. The Kier molecular flexibility index (Phi) is 56.7. The Morgan fingerprint density at radius 3 is 1.67 bits per heavy atom. The van der Waals surface area contributed by atoms with Crippen molar-refractivity contribution >= 4 is 123 Å². The number of carbonyl (C=O) groups excluding carboxylic acids is 17. The molecule has 0 saturated carbocycles. The standard InChI is InChI=1S/C101H151N23O25/c1-65(126)72-32-24-25-41-107-86(130)40-38-76(100(145)124-60-70(127)55-83(124)99(144)122-78(52-67-29-18-15-19-30-67)93(138)116-74(34-26-42-110-101(104)105)91(136)120-79(95(140)115-72)53-68-57-111-73-33-23-22-31-71(68)73)118-94(139)77(51-66-27-16-14-17-28-66)119-97(142)81(56-102)123-96(141)80(54-69-58-106-64-113-69)121-92(137)75(37-39-84(103)128)117-98(143)82(61-125)114-87(131)59-112-89(133)63-149-50-48-147-46-44-109-88(132)62-148-49-47-146-45-43-108-85(129)35-20-12-10-8-6-4-2-3-5-7-9-11-13-21-36-90(134)135/h14-19,22-23,27-31,33,57-58,64,70,72,74-83,111,125,127H,2-13,20-21,24-26,32,34-56,59-63,102H2,1H3,(H2,103,128)(H,106,113)(H,107,130)(H,108,129)(H,109,132)(H,112,133)(H,114,131)(H,115,140)(H,116,138)(H,117,143)(H,118,139)(H,119,142)(H,120,136)(H,121,137)(H,122,144)(H,123,141)(H,134,135)(H4,104,105,110)/t70-,72+,74+,75+,76+,77+,78-,79+,80+,81+,82+,83+/m1/s1. The number of para-hydroxylation sites is 1. The van der Waals surface area contributed by atoms with Crippen molar-refractivity contribution in [2.75, 3.05) is 105 Å². The molecule has 2 aliphatic rings. The molecule has 48 heteroatoms. The summed E-state index contributed by atoms with van der Waals surface area (Å²) < 4.78 is 21.6. The smallest absolute Gasteiger partial charge is 0.303 e. The van der Waals surface area contributed by atoms with Gasteiger partial charge in [0.25, 0.3) is 0 Å². The number of hydrogen-bond donors (Lipinski definition) is 24. The van der Waals surface area contributed by atoms with E-state index in [-0.39, 0.29) is 141 Å². The van der Waals surface area contributed by atoms with Gasteiger partial charge in [-0.05, 0) is 87.5 Å².